The van der Waals surface area contributed by atoms with E-state index in [-0.39, 0.29) is 5.56 Å². The van der Waals surface area contributed by atoms with Crippen LogP contribution in [0.1, 0.15) is 27.0 Å². The lowest BCUT2D eigenvalue weighted by molar-refractivity contribution is -0.137. The molecule has 0 spiro atoms. The van der Waals surface area contributed by atoms with Crippen LogP contribution in [0.2, 0.25) is 0 Å². The Balaban J connectivity index is 2.24. The van der Waals surface area contributed by atoms with E-state index in [2.05, 4.69) is 4.98 Å². The SMILES string of the molecule is O=C(O)c1ccncc1/C=C/c1ccc(C(F)(F)F)cc1. The first kappa shape index (κ1) is 14.8. The summed E-state index contributed by atoms with van der Waals surface area (Å²) in [5.74, 6) is -1.09. The van der Waals surface area contributed by atoms with Crippen LogP contribution in [0, 0.1) is 0 Å². The molecule has 0 saturated heterocycles. The van der Waals surface area contributed by atoms with Crippen molar-refractivity contribution in [1.82, 2.24) is 4.98 Å². The van der Waals surface area contributed by atoms with Gasteiger partial charge in [-0.05, 0) is 23.8 Å². The molecule has 0 unspecified atom stereocenters. The van der Waals surface area contributed by atoms with Crippen molar-refractivity contribution in [2.24, 2.45) is 0 Å². The first-order valence-corrected chi connectivity index (χ1v) is 5.90. The normalized spacial score (nSPS) is 11.8. The number of rotatable bonds is 3. The number of nitrogens with zero attached hydrogens (tertiary/aromatic N) is 1. The average molecular weight is 293 g/mol. The predicted molar refractivity (Wildman–Crippen MR) is 71.6 cm³/mol. The van der Waals surface area contributed by atoms with Crippen molar-refractivity contribution in [1.29, 1.82) is 0 Å². The number of hydrogen-bond donors (Lipinski definition) is 1. The Bertz CT molecular complexity index is 676. The third kappa shape index (κ3) is 3.68. The van der Waals surface area contributed by atoms with E-state index in [0.717, 1.165) is 12.1 Å². The molecule has 1 aromatic carbocycles. The predicted octanol–water partition coefficient (Wildman–Crippen LogP) is 3.97. The fourth-order valence-electron chi connectivity index (χ4n) is 1.70. The molecule has 3 nitrogen and oxygen atoms in total. The molecular formula is C15H10F3NO2. The molecule has 6 heteroatoms. The van der Waals surface area contributed by atoms with E-state index in [9.17, 15) is 18.0 Å². The van der Waals surface area contributed by atoms with E-state index >= 15 is 0 Å². The summed E-state index contributed by atoms with van der Waals surface area (Å²) < 4.78 is 37.3. The molecule has 0 aliphatic rings. The summed E-state index contributed by atoms with van der Waals surface area (Å²) in [6.45, 7) is 0. The Kier molecular flexibility index (Phi) is 4.07. The molecule has 0 radical (unpaired) electrons. The van der Waals surface area contributed by atoms with Crippen LogP contribution in [-0.2, 0) is 6.18 Å². The number of hydrogen-bond acceptors (Lipinski definition) is 2. The van der Waals surface area contributed by atoms with E-state index in [0.29, 0.717) is 11.1 Å². The molecule has 0 saturated carbocycles. The number of halogens is 3. The Morgan fingerprint density at radius 2 is 1.76 bits per heavy atom. The van der Waals surface area contributed by atoms with E-state index in [1.54, 1.807) is 0 Å². The number of carboxylic acid groups (broad SMARTS) is 1. The van der Waals surface area contributed by atoms with Gasteiger partial charge in [0, 0.05) is 18.0 Å². The minimum atomic E-state index is -4.37. The van der Waals surface area contributed by atoms with Gasteiger partial charge in [-0.1, -0.05) is 24.3 Å². The van der Waals surface area contributed by atoms with Crippen LogP contribution in [0.25, 0.3) is 12.2 Å². The number of carbonyl (C=O) groups is 1. The van der Waals surface area contributed by atoms with Crippen molar-refractivity contribution in [3.05, 3.63) is 65.0 Å². The zero-order chi connectivity index (χ0) is 15.5. The Hall–Kier alpha value is -2.63. The molecule has 108 valence electrons. The zero-order valence-corrected chi connectivity index (χ0v) is 10.6. The Labute approximate surface area is 118 Å². The van der Waals surface area contributed by atoms with Crippen LogP contribution in [0.4, 0.5) is 13.2 Å². The van der Waals surface area contributed by atoms with Gasteiger partial charge in [0.2, 0.25) is 0 Å². The van der Waals surface area contributed by atoms with Crippen molar-refractivity contribution in [3.8, 4) is 0 Å². The molecule has 0 bridgehead atoms. The maximum atomic E-state index is 12.4. The van der Waals surface area contributed by atoms with Gasteiger partial charge in [0.15, 0.2) is 0 Å². The Morgan fingerprint density at radius 1 is 1.10 bits per heavy atom. The fraction of sp³-hybridized carbons (Fsp3) is 0.0667. The van der Waals surface area contributed by atoms with Crippen LogP contribution in [0.15, 0.2) is 42.7 Å². The molecule has 0 aliphatic carbocycles. The first-order valence-electron chi connectivity index (χ1n) is 5.90. The van der Waals surface area contributed by atoms with E-state index in [1.807, 2.05) is 0 Å². The smallest absolute Gasteiger partial charge is 0.416 e. The van der Waals surface area contributed by atoms with Crippen LogP contribution < -0.4 is 0 Å². The summed E-state index contributed by atoms with van der Waals surface area (Å²) in [6, 6.07) is 5.93. The molecule has 0 aliphatic heterocycles. The molecule has 1 N–H and O–H groups in total. The molecule has 1 heterocycles. The highest BCUT2D eigenvalue weighted by atomic mass is 19.4. The molecule has 0 fully saturated rings. The second-order valence-electron chi connectivity index (χ2n) is 4.22. The van der Waals surface area contributed by atoms with E-state index in [1.165, 1.54) is 42.7 Å². The molecule has 21 heavy (non-hydrogen) atoms. The number of benzene rings is 1. The number of alkyl halides is 3. The largest absolute Gasteiger partial charge is 0.478 e. The van der Waals surface area contributed by atoms with Crippen LogP contribution in [-0.4, -0.2) is 16.1 Å². The molecule has 0 atom stereocenters. The lowest BCUT2D eigenvalue weighted by Crippen LogP contribution is -2.03. The summed E-state index contributed by atoms with van der Waals surface area (Å²) in [5.41, 5.74) is 0.258. The van der Waals surface area contributed by atoms with Crippen molar-refractivity contribution < 1.29 is 23.1 Å². The van der Waals surface area contributed by atoms with Gasteiger partial charge in [0.25, 0.3) is 0 Å². The molecule has 0 amide bonds. The highest BCUT2D eigenvalue weighted by Gasteiger charge is 2.29. The minimum Gasteiger partial charge on any atom is -0.478 e. The quantitative estimate of drug-likeness (QED) is 0.931. The van der Waals surface area contributed by atoms with Gasteiger partial charge in [0.1, 0.15) is 0 Å². The summed E-state index contributed by atoms with van der Waals surface area (Å²) in [4.78, 5) is 14.8. The summed E-state index contributed by atoms with van der Waals surface area (Å²) >= 11 is 0. The van der Waals surface area contributed by atoms with Crippen molar-refractivity contribution in [2.45, 2.75) is 6.18 Å². The zero-order valence-electron chi connectivity index (χ0n) is 10.6. The monoisotopic (exact) mass is 293 g/mol. The number of carboxylic acids is 1. The van der Waals surface area contributed by atoms with Crippen LogP contribution in [0.5, 0.6) is 0 Å². The highest BCUT2D eigenvalue weighted by molar-refractivity contribution is 5.93. The number of pyridine rings is 1. The standard InChI is InChI=1S/C15H10F3NO2/c16-15(17,18)12-5-2-10(3-6-12)1-4-11-9-19-8-7-13(11)14(20)21/h1-9H,(H,20,21)/b4-1+. The number of aromatic nitrogens is 1. The molecule has 2 rings (SSSR count). The van der Waals surface area contributed by atoms with Gasteiger partial charge in [-0.3, -0.25) is 4.98 Å². The van der Waals surface area contributed by atoms with Gasteiger partial charge in [-0.25, -0.2) is 4.79 Å². The maximum absolute atomic E-state index is 12.4. The van der Waals surface area contributed by atoms with Gasteiger partial charge >= 0.3 is 12.1 Å². The van der Waals surface area contributed by atoms with E-state index in [4.69, 9.17) is 5.11 Å². The lowest BCUT2D eigenvalue weighted by atomic mass is 10.1. The fourth-order valence-corrected chi connectivity index (χ4v) is 1.70. The third-order valence-corrected chi connectivity index (χ3v) is 2.78. The van der Waals surface area contributed by atoms with Crippen LogP contribution >= 0.6 is 0 Å². The molecule has 1 aromatic heterocycles. The highest BCUT2D eigenvalue weighted by Crippen LogP contribution is 2.29. The maximum Gasteiger partial charge on any atom is 0.416 e. The van der Waals surface area contributed by atoms with Gasteiger partial charge < -0.3 is 5.11 Å². The first-order chi connectivity index (χ1) is 9.88. The summed E-state index contributed by atoms with van der Waals surface area (Å²) in [7, 11) is 0. The number of aromatic carboxylic acids is 1. The van der Waals surface area contributed by atoms with Crippen LogP contribution in [0.3, 0.4) is 0 Å². The van der Waals surface area contributed by atoms with Crippen molar-refractivity contribution >= 4 is 18.1 Å². The van der Waals surface area contributed by atoms with Crippen molar-refractivity contribution in [3.63, 3.8) is 0 Å². The summed E-state index contributed by atoms with van der Waals surface area (Å²) in [5, 5.41) is 9.00. The molecule has 2 aromatic rings. The topological polar surface area (TPSA) is 50.2 Å². The second-order valence-corrected chi connectivity index (χ2v) is 4.22. The average Bonchev–Trinajstić information content (AvgIpc) is 2.45. The third-order valence-electron chi connectivity index (χ3n) is 2.78. The van der Waals surface area contributed by atoms with Gasteiger partial charge in [-0.15, -0.1) is 0 Å². The molecular weight excluding hydrogens is 283 g/mol. The Morgan fingerprint density at radius 3 is 2.33 bits per heavy atom. The van der Waals surface area contributed by atoms with Gasteiger partial charge in [0.05, 0.1) is 11.1 Å². The second kappa shape index (κ2) is 5.78. The van der Waals surface area contributed by atoms with Gasteiger partial charge in [-0.2, -0.15) is 13.2 Å². The van der Waals surface area contributed by atoms with E-state index < -0.39 is 17.7 Å². The minimum absolute atomic E-state index is 0.0770. The lowest BCUT2D eigenvalue weighted by Gasteiger charge is -2.06. The van der Waals surface area contributed by atoms with Crippen molar-refractivity contribution in [2.75, 3.05) is 0 Å². The summed E-state index contributed by atoms with van der Waals surface area (Å²) in [6.07, 6.45) is 1.40.